The number of pyridine rings is 2. The van der Waals surface area contributed by atoms with Gasteiger partial charge in [0.1, 0.15) is 11.9 Å². The van der Waals surface area contributed by atoms with Gasteiger partial charge in [-0.15, -0.1) is 0 Å². The van der Waals surface area contributed by atoms with Gasteiger partial charge in [-0.3, -0.25) is 4.68 Å². The second-order valence-electron chi connectivity index (χ2n) is 12.1. The fraction of sp³-hybridized carbons (Fsp3) is 0.645. The summed E-state index contributed by atoms with van der Waals surface area (Å²) in [6, 6.07) is 4.88. The maximum atomic E-state index is 14.5. The number of ether oxygens (including phenoxy) is 1. The van der Waals surface area contributed by atoms with Gasteiger partial charge in [0.25, 0.3) is 5.88 Å². The molecule has 1 saturated carbocycles. The molecule has 0 unspecified atom stereocenters. The molecule has 6 rings (SSSR count). The van der Waals surface area contributed by atoms with Crippen LogP contribution in [-0.2, 0) is 0 Å². The fourth-order valence-electron chi connectivity index (χ4n) is 6.97. The number of fused-ring (bicyclic) bond motifs is 1. The SMILES string of the molecule is CCNc1cc2c(cn1)c(C1CCN(C3CCN(C)CC3)CC1)nn2C1CCC(Oc2nccc(C)c2F)CC1. The summed E-state index contributed by atoms with van der Waals surface area (Å²) in [5.74, 6) is 1.15. The lowest BCUT2D eigenvalue weighted by atomic mass is 9.90. The molecule has 5 heterocycles. The third kappa shape index (κ3) is 5.68. The van der Waals surface area contributed by atoms with Crippen LogP contribution in [0.4, 0.5) is 10.2 Å². The molecule has 0 aromatic carbocycles. The average Bonchev–Trinajstić information content (AvgIpc) is 3.35. The Hall–Kier alpha value is -2.78. The van der Waals surface area contributed by atoms with Crippen LogP contribution >= 0.6 is 0 Å². The Kier molecular flexibility index (Phi) is 8.21. The van der Waals surface area contributed by atoms with Crippen LogP contribution in [0.15, 0.2) is 24.5 Å². The number of hydrogen-bond donors (Lipinski definition) is 1. The van der Waals surface area contributed by atoms with Crippen LogP contribution in [0.3, 0.4) is 0 Å². The van der Waals surface area contributed by atoms with Crippen molar-refractivity contribution in [1.82, 2.24) is 29.5 Å². The van der Waals surface area contributed by atoms with E-state index in [9.17, 15) is 4.39 Å². The summed E-state index contributed by atoms with van der Waals surface area (Å²) in [7, 11) is 2.24. The number of likely N-dealkylation sites (tertiary alicyclic amines) is 2. The molecule has 0 bridgehead atoms. The average molecular weight is 550 g/mol. The highest BCUT2D eigenvalue weighted by molar-refractivity contribution is 5.84. The third-order valence-electron chi connectivity index (χ3n) is 9.42. The van der Waals surface area contributed by atoms with E-state index in [-0.39, 0.29) is 17.8 Å². The zero-order valence-corrected chi connectivity index (χ0v) is 24.3. The lowest BCUT2D eigenvalue weighted by molar-refractivity contribution is 0.0959. The molecule has 1 N–H and O–H groups in total. The van der Waals surface area contributed by atoms with Crippen molar-refractivity contribution >= 4 is 16.7 Å². The van der Waals surface area contributed by atoms with Gasteiger partial charge in [-0.25, -0.2) is 14.4 Å². The van der Waals surface area contributed by atoms with Gasteiger partial charge in [-0.2, -0.15) is 5.10 Å². The van der Waals surface area contributed by atoms with E-state index < -0.39 is 0 Å². The van der Waals surface area contributed by atoms with Gasteiger partial charge in [0.15, 0.2) is 5.82 Å². The molecule has 3 aromatic heterocycles. The highest BCUT2D eigenvalue weighted by Crippen LogP contribution is 2.38. The number of halogens is 1. The van der Waals surface area contributed by atoms with Crippen LogP contribution in [0.25, 0.3) is 10.9 Å². The molecule has 8 nitrogen and oxygen atoms in total. The molecule has 0 atom stereocenters. The Labute approximate surface area is 237 Å². The minimum Gasteiger partial charge on any atom is -0.472 e. The zero-order valence-electron chi connectivity index (χ0n) is 24.3. The zero-order chi connectivity index (χ0) is 27.6. The molecular formula is C31H44FN7O. The van der Waals surface area contributed by atoms with E-state index in [1.54, 1.807) is 19.2 Å². The topological polar surface area (TPSA) is 71.3 Å². The molecule has 9 heteroatoms. The molecule has 1 aliphatic carbocycles. The van der Waals surface area contributed by atoms with E-state index in [1.807, 2.05) is 6.20 Å². The van der Waals surface area contributed by atoms with Gasteiger partial charge in [-0.05, 0) is 110 Å². The molecule has 0 amide bonds. The van der Waals surface area contributed by atoms with Crippen molar-refractivity contribution in [3.05, 3.63) is 41.6 Å². The fourth-order valence-corrected chi connectivity index (χ4v) is 6.97. The number of aromatic nitrogens is 4. The van der Waals surface area contributed by atoms with Crippen molar-refractivity contribution in [2.45, 2.75) is 89.3 Å². The second kappa shape index (κ2) is 12.0. The first kappa shape index (κ1) is 27.4. The second-order valence-corrected chi connectivity index (χ2v) is 12.1. The molecule has 2 aliphatic heterocycles. The molecule has 3 aromatic rings. The van der Waals surface area contributed by atoms with Gasteiger partial charge in [0.2, 0.25) is 0 Å². The van der Waals surface area contributed by atoms with Crippen LogP contribution in [-0.4, -0.2) is 81.5 Å². The number of rotatable bonds is 7. The number of piperidine rings is 2. The molecule has 216 valence electrons. The molecule has 2 saturated heterocycles. The third-order valence-corrected chi connectivity index (χ3v) is 9.42. The maximum absolute atomic E-state index is 14.5. The van der Waals surface area contributed by atoms with Gasteiger partial charge in [-0.1, -0.05) is 0 Å². The van der Waals surface area contributed by atoms with Crippen molar-refractivity contribution < 1.29 is 9.13 Å². The van der Waals surface area contributed by atoms with E-state index in [2.05, 4.69) is 44.8 Å². The quantitative estimate of drug-likeness (QED) is 0.415. The predicted molar refractivity (Wildman–Crippen MR) is 157 cm³/mol. The first-order chi connectivity index (χ1) is 19.5. The Morgan fingerprint density at radius 1 is 0.975 bits per heavy atom. The maximum Gasteiger partial charge on any atom is 0.250 e. The van der Waals surface area contributed by atoms with Crippen LogP contribution in [0.1, 0.15) is 81.5 Å². The highest BCUT2D eigenvalue weighted by atomic mass is 19.1. The van der Waals surface area contributed by atoms with E-state index in [0.29, 0.717) is 17.5 Å². The molecular weight excluding hydrogens is 505 g/mol. The molecule has 0 spiro atoms. The first-order valence-electron chi connectivity index (χ1n) is 15.3. The summed E-state index contributed by atoms with van der Waals surface area (Å²) < 4.78 is 22.8. The number of anilines is 1. The van der Waals surface area contributed by atoms with Crippen molar-refractivity contribution in [3.63, 3.8) is 0 Å². The van der Waals surface area contributed by atoms with Crippen LogP contribution in [0.5, 0.6) is 5.88 Å². The molecule has 40 heavy (non-hydrogen) atoms. The number of nitrogens with zero attached hydrogens (tertiary/aromatic N) is 6. The van der Waals surface area contributed by atoms with E-state index >= 15 is 0 Å². The summed E-state index contributed by atoms with van der Waals surface area (Å²) >= 11 is 0. The Balaban J connectivity index is 1.17. The normalized spacial score (nSPS) is 24.0. The molecule has 3 aliphatic rings. The van der Waals surface area contributed by atoms with Crippen LogP contribution in [0.2, 0.25) is 0 Å². The monoisotopic (exact) mass is 549 g/mol. The van der Waals surface area contributed by atoms with E-state index in [0.717, 1.165) is 70.0 Å². The lowest BCUT2D eigenvalue weighted by Crippen LogP contribution is -2.46. The summed E-state index contributed by atoms with van der Waals surface area (Å²) in [4.78, 5) is 14.1. The summed E-state index contributed by atoms with van der Waals surface area (Å²) in [5.41, 5.74) is 2.96. The van der Waals surface area contributed by atoms with Crippen LogP contribution in [0, 0.1) is 12.7 Å². The number of nitrogens with one attached hydrogen (secondary N) is 1. The largest absolute Gasteiger partial charge is 0.472 e. The van der Waals surface area contributed by atoms with Crippen molar-refractivity contribution in [1.29, 1.82) is 0 Å². The van der Waals surface area contributed by atoms with Crippen molar-refractivity contribution in [3.8, 4) is 5.88 Å². The van der Waals surface area contributed by atoms with Gasteiger partial charge in [0, 0.05) is 42.4 Å². The Morgan fingerprint density at radius 2 is 1.73 bits per heavy atom. The first-order valence-corrected chi connectivity index (χ1v) is 15.3. The van der Waals surface area contributed by atoms with E-state index in [1.165, 1.54) is 42.5 Å². The minimum absolute atomic E-state index is 0.0239. The van der Waals surface area contributed by atoms with E-state index in [4.69, 9.17) is 14.8 Å². The summed E-state index contributed by atoms with van der Waals surface area (Å²) in [5, 5.41) is 9.91. The van der Waals surface area contributed by atoms with Crippen molar-refractivity contribution in [2.24, 2.45) is 0 Å². The van der Waals surface area contributed by atoms with Crippen molar-refractivity contribution in [2.75, 3.05) is 45.1 Å². The minimum atomic E-state index is -0.349. The summed E-state index contributed by atoms with van der Waals surface area (Å²) in [6.07, 6.45) is 12.1. The van der Waals surface area contributed by atoms with Gasteiger partial charge in [0.05, 0.1) is 17.3 Å². The smallest absolute Gasteiger partial charge is 0.250 e. The molecule has 0 radical (unpaired) electrons. The summed E-state index contributed by atoms with van der Waals surface area (Å²) in [6.45, 7) is 9.41. The molecule has 3 fully saturated rings. The number of hydrogen-bond acceptors (Lipinski definition) is 7. The lowest BCUT2D eigenvalue weighted by Gasteiger charge is -2.40. The highest BCUT2D eigenvalue weighted by Gasteiger charge is 2.32. The Bertz CT molecular complexity index is 1290. The Morgan fingerprint density at radius 3 is 2.45 bits per heavy atom. The number of aryl methyl sites for hydroxylation is 1. The van der Waals surface area contributed by atoms with Gasteiger partial charge >= 0.3 is 0 Å². The van der Waals surface area contributed by atoms with Crippen LogP contribution < -0.4 is 10.1 Å². The van der Waals surface area contributed by atoms with Gasteiger partial charge < -0.3 is 19.9 Å². The predicted octanol–water partition coefficient (Wildman–Crippen LogP) is 5.54. The standard InChI is InChI=1S/C31H44FN7O/c1-4-33-28-19-27-26(20-35-28)30(22-10-17-38(18-11-22)23-12-15-37(3)16-13-23)36-39(27)24-5-7-25(8-6-24)40-31-29(32)21(2)9-14-34-31/h9,14,19-20,22-25H,4-8,10-13,15-18H2,1-3H3,(H,33,35).